The van der Waals surface area contributed by atoms with Crippen molar-refractivity contribution in [2.75, 3.05) is 20.2 Å². The largest absolute Gasteiger partial charge is 0.468 e. The van der Waals surface area contributed by atoms with Gasteiger partial charge in [0.05, 0.1) is 18.4 Å². The van der Waals surface area contributed by atoms with Crippen LogP contribution in [0.3, 0.4) is 0 Å². The predicted molar refractivity (Wildman–Crippen MR) is 114 cm³/mol. The summed E-state index contributed by atoms with van der Waals surface area (Å²) in [7, 11) is -2.92. The Morgan fingerprint density at radius 2 is 2.00 bits per heavy atom. The highest BCUT2D eigenvalue weighted by Crippen LogP contribution is 2.13. The summed E-state index contributed by atoms with van der Waals surface area (Å²) in [6.45, 7) is 1.23. The number of aryl methyl sites for hydroxylation is 2. The minimum absolute atomic E-state index is 0.0174. The summed E-state index contributed by atoms with van der Waals surface area (Å²) in [5.41, 5.74) is 0.727. The van der Waals surface area contributed by atoms with E-state index >= 15 is 0 Å². The molecule has 0 spiro atoms. The van der Waals surface area contributed by atoms with Gasteiger partial charge < -0.3 is 10.1 Å². The average molecular weight is 486 g/mol. The molecule has 1 aromatic carbocycles. The van der Waals surface area contributed by atoms with Crippen LogP contribution in [0, 0.1) is 17.0 Å². The number of benzene rings is 1. The third-order valence-corrected chi connectivity index (χ3v) is 6.59. The summed E-state index contributed by atoms with van der Waals surface area (Å²) in [5, 5.41) is 21.6. The Labute approximate surface area is 188 Å². The van der Waals surface area contributed by atoms with Crippen LogP contribution in [0.5, 0.6) is 0 Å². The van der Waals surface area contributed by atoms with Gasteiger partial charge in [-0.25, -0.2) is 8.42 Å². The number of sulfonamides is 1. The Hall–Kier alpha value is -2.97. The molecule has 0 aliphatic rings. The van der Waals surface area contributed by atoms with E-state index in [0.29, 0.717) is 22.9 Å². The lowest BCUT2D eigenvalue weighted by atomic mass is 10.2. The van der Waals surface area contributed by atoms with Crippen LogP contribution in [-0.2, 0) is 37.2 Å². The van der Waals surface area contributed by atoms with Crippen LogP contribution in [0.1, 0.15) is 22.0 Å². The first-order valence-electron chi connectivity index (χ1n) is 9.47. The fraction of sp³-hybridized carbons (Fsp3) is 0.444. The number of carbonyl (C=O) groups is 2. The molecule has 12 nitrogen and oxygen atoms in total. The number of rotatable bonds is 12. The Morgan fingerprint density at radius 3 is 2.66 bits per heavy atom. The number of hydrogen-bond acceptors (Lipinski definition) is 10. The Bertz CT molecular complexity index is 1070. The van der Waals surface area contributed by atoms with Gasteiger partial charge in [0.15, 0.2) is 0 Å². The van der Waals surface area contributed by atoms with E-state index in [0.717, 1.165) is 24.0 Å². The number of hydrogen-bond donors (Lipinski definition) is 2. The molecular weight excluding hydrogens is 462 g/mol. The molecule has 0 bridgehead atoms. The summed E-state index contributed by atoms with van der Waals surface area (Å²) in [4.78, 5) is 34.2. The zero-order valence-electron chi connectivity index (χ0n) is 17.4. The van der Waals surface area contributed by atoms with E-state index in [-0.39, 0.29) is 24.4 Å². The first-order valence-corrected chi connectivity index (χ1v) is 11.8. The van der Waals surface area contributed by atoms with E-state index < -0.39 is 32.9 Å². The number of nitrogens with one attached hydrogen (secondary N) is 2. The summed E-state index contributed by atoms with van der Waals surface area (Å²) in [5.74, 6) is -1.35. The quantitative estimate of drug-likeness (QED) is 0.243. The van der Waals surface area contributed by atoms with Gasteiger partial charge >= 0.3 is 5.97 Å². The second-order valence-electron chi connectivity index (χ2n) is 6.74. The van der Waals surface area contributed by atoms with E-state index in [1.54, 1.807) is 19.1 Å². The predicted octanol–water partition coefficient (Wildman–Crippen LogP) is 0.235. The smallest absolute Gasteiger partial charge is 0.325 e. The molecule has 2 aromatic rings. The standard InChI is InChI=1S/C18H23N5O7S2/c1-12-5-3-6-13(9-12)32(28,29)22-14(18(25)30-2)11-19-15(24)10-17-21-20-16(31-17)7-4-8-23(26)27/h3,5-6,9,14,22H,4,7-8,10-11H2,1-2H3,(H,19,24)/t14-/m0/s1. The van der Waals surface area contributed by atoms with Gasteiger partial charge in [0.2, 0.25) is 22.5 Å². The minimum Gasteiger partial charge on any atom is -0.468 e. The van der Waals surface area contributed by atoms with E-state index in [4.69, 9.17) is 0 Å². The van der Waals surface area contributed by atoms with Gasteiger partial charge in [-0.15, -0.1) is 21.5 Å². The van der Waals surface area contributed by atoms with Crippen LogP contribution >= 0.6 is 11.3 Å². The lowest BCUT2D eigenvalue weighted by Gasteiger charge is -2.17. The Balaban J connectivity index is 1.94. The molecule has 0 saturated carbocycles. The SMILES string of the molecule is COC(=O)[C@H](CNC(=O)Cc1nnc(CCC[N+](=O)[O-])s1)NS(=O)(=O)c1cccc(C)c1. The van der Waals surface area contributed by atoms with Crippen LogP contribution in [-0.4, -0.2) is 61.7 Å². The van der Waals surface area contributed by atoms with Gasteiger partial charge in [-0.1, -0.05) is 12.1 Å². The van der Waals surface area contributed by atoms with Gasteiger partial charge in [-0.2, -0.15) is 4.72 Å². The van der Waals surface area contributed by atoms with Crippen molar-refractivity contribution in [3.63, 3.8) is 0 Å². The molecule has 1 atom stereocenters. The lowest BCUT2D eigenvalue weighted by Crippen LogP contribution is -2.49. The highest BCUT2D eigenvalue weighted by atomic mass is 32.2. The average Bonchev–Trinajstić information content (AvgIpc) is 3.17. The first-order chi connectivity index (χ1) is 15.1. The minimum atomic E-state index is -4.03. The fourth-order valence-electron chi connectivity index (χ4n) is 2.59. The first kappa shape index (κ1) is 25.3. The summed E-state index contributed by atoms with van der Waals surface area (Å²) in [6, 6.07) is 4.82. The van der Waals surface area contributed by atoms with Gasteiger partial charge in [0, 0.05) is 24.3 Å². The third-order valence-electron chi connectivity index (χ3n) is 4.14. The van der Waals surface area contributed by atoms with Crippen molar-refractivity contribution in [2.24, 2.45) is 0 Å². The molecule has 174 valence electrons. The van der Waals surface area contributed by atoms with Crippen molar-refractivity contribution in [3.8, 4) is 0 Å². The highest BCUT2D eigenvalue weighted by Gasteiger charge is 2.27. The van der Waals surface area contributed by atoms with Crippen LogP contribution in [0.15, 0.2) is 29.2 Å². The van der Waals surface area contributed by atoms with Crippen molar-refractivity contribution in [3.05, 3.63) is 50.0 Å². The monoisotopic (exact) mass is 485 g/mol. The molecule has 0 unspecified atom stereocenters. The van der Waals surface area contributed by atoms with Crippen LogP contribution in [0.4, 0.5) is 0 Å². The summed E-state index contributed by atoms with van der Waals surface area (Å²) < 4.78 is 32.1. The maximum absolute atomic E-state index is 12.6. The van der Waals surface area contributed by atoms with Gasteiger partial charge in [-0.3, -0.25) is 19.7 Å². The molecule has 14 heteroatoms. The molecular formula is C18H23N5O7S2. The molecule has 0 radical (unpaired) electrons. The molecule has 0 fully saturated rings. The number of esters is 1. The fourth-order valence-corrected chi connectivity index (χ4v) is 4.76. The molecule has 0 aliphatic carbocycles. The molecule has 2 rings (SSSR count). The van der Waals surface area contributed by atoms with E-state index in [2.05, 4.69) is 25.0 Å². The summed E-state index contributed by atoms with van der Waals surface area (Å²) in [6.07, 6.45) is 0.562. The number of methoxy groups -OCH3 is 1. The molecule has 2 N–H and O–H groups in total. The maximum Gasteiger partial charge on any atom is 0.325 e. The molecule has 1 amide bonds. The van der Waals surface area contributed by atoms with Crippen LogP contribution in [0.25, 0.3) is 0 Å². The molecule has 1 aromatic heterocycles. The number of amides is 1. The normalized spacial score (nSPS) is 12.2. The van der Waals surface area contributed by atoms with Crippen LogP contribution < -0.4 is 10.0 Å². The zero-order chi connectivity index (χ0) is 23.7. The maximum atomic E-state index is 12.6. The summed E-state index contributed by atoms with van der Waals surface area (Å²) >= 11 is 1.16. The van der Waals surface area contributed by atoms with Gasteiger partial charge in [0.1, 0.15) is 16.1 Å². The molecule has 0 aliphatic heterocycles. The lowest BCUT2D eigenvalue weighted by molar-refractivity contribution is -0.480. The van der Waals surface area contributed by atoms with Gasteiger partial charge in [0.25, 0.3) is 0 Å². The van der Waals surface area contributed by atoms with Crippen molar-refractivity contribution >= 4 is 33.2 Å². The van der Waals surface area contributed by atoms with E-state index in [9.17, 15) is 28.1 Å². The molecule has 0 saturated heterocycles. The van der Waals surface area contributed by atoms with Crippen molar-refractivity contribution in [1.29, 1.82) is 0 Å². The van der Waals surface area contributed by atoms with E-state index in [1.165, 1.54) is 12.1 Å². The number of nitro groups is 1. The number of aromatic nitrogens is 2. The van der Waals surface area contributed by atoms with Crippen molar-refractivity contribution in [2.45, 2.75) is 37.1 Å². The van der Waals surface area contributed by atoms with Gasteiger partial charge in [-0.05, 0) is 24.6 Å². The third kappa shape index (κ3) is 7.94. The number of nitrogens with zero attached hydrogens (tertiary/aromatic N) is 3. The van der Waals surface area contributed by atoms with E-state index in [1.807, 2.05) is 0 Å². The van der Waals surface area contributed by atoms with Crippen LogP contribution in [0.2, 0.25) is 0 Å². The number of ether oxygens (including phenoxy) is 1. The number of carbonyl (C=O) groups excluding carboxylic acids is 2. The Morgan fingerprint density at radius 1 is 1.28 bits per heavy atom. The highest BCUT2D eigenvalue weighted by molar-refractivity contribution is 7.89. The van der Waals surface area contributed by atoms with Crippen molar-refractivity contribution in [1.82, 2.24) is 20.2 Å². The molecule has 1 heterocycles. The molecule has 32 heavy (non-hydrogen) atoms. The topological polar surface area (TPSA) is 170 Å². The zero-order valence-corrected chi connectivity index (χ0v) is 19.1. The Kier molecular flexibility index (Phi) is 9.16. The second-order valence-corrected chi connectivity index (χ2v) is 9.60. The second kappa shape index (κ2) is 11.6. The van der Waals surface area contributed by atoms with Crippen molar-refractivity contribution < 1.29 is 27.7 Å².